The van der Waals surface area contributed by atoms with Gasteiger partial charge in [0.15, 0.2) is 0 Å². The minimum absolute atomic E-state index is 0.192. The molecular formula is C18H26N2O2. The van der Waals surface area contributed by atoms with Crippen LogP contribution in [0.2, 0.25) is 0 Å². The van der Waals surface area contributed by atoms with E-state index in [-0.39, 0.29) is 5.91 Å². The highest BCUT2D eigenvalue weighted by Gasteiger charge is 2.38. The first-order valence-corrected chi connectivity index (χ1v) is 8.24. The van der Waals surface area contributed by atoms with Gasteiger partial charge in [0.25, 0.3) is 5.91 Å². The van der Waals surface area contributed by atoms with Gasteiger partial charge in [-0.3, -0.25) is 4.79 Å². The number of fused-ring (bicyclic) bond motifs is 1. The van der Waals surface area contributed by atoms with E-state index in [1.165, 1.54) is 12.0 Å². The fourth-order valence-corrected chi connectivity index (χ4v) is 3.71. The molecule has 1 amide bonds. The first kappa shape index (κ1) is 15.5. The molecule has 4 nitrogen and oxygen atoms in total. The number of likely N-dealkylation sites (tertiary alicyclic amines) is 2. The fourth-order valence-electron chi connectivity index (χ4n) is 3.71. The van der Waals surface area contributed by atoms with E-state index < -0.39 is 0 Å². The molecule has 0 unspecified atom stereocenters. The Labute approximate surface area is 133 Å². The molecule has 0 aromatic heterocycles. The monoisotopic (exact) mass is 302 g/mol. The van der Waals surface area contributed by atoms with Gasteiger partial charge in [-0.05, 0) is 43.9 Å². The quantitative estimate of drug-likeness (QED) is 0.853. The Morgan fingerprint density at radius 3 is 2.64 bits per heavy atom. The number of rotatable bonds is 4. The second-order valence-corrected chi connectivity index (χ2v) is 6.68. The van der Waals surface area contributed by atoms with Crippen molar-refractivity contribution in [3.63, 3.8) is 0 Å². The Kier molecular flexibility index (Phi) is 4.79. The van der Waals surface area contributed by atoms with Crippen molar-refractivity contribution < 1.29 is 9.53 Å². The van der Waals surface area contributed by atoms with Crippen molar-refractivity contribution in [2.45, 2.75) is 13.3 Å². The minimum Gasteiger partial charge on any atom is -0.383 e. The number of hydrogen-bond donors (Lipinski definition) is 0. The number of piperidine rings is 1. The van der Waals surface area contributed by atoms with Crippen LogP contribution in [0.3, 0.4) is 0 Å². The van der Waals surface area contributed by atoms with Gasteiger partial charge in [-0.25, -0.2) is 0 Å². The van der Waals surface area contributed by atoms with Gasteiger partial charge in [0.1, 0.15) is 0 Å². The SMILES string of the molecule is COCCN1CC[C@H]2CN(C(=O)c3ccc(C)cc3)C[C@H]2C1. The molecule has 2 aliphatic heterocycles. The van der Waals surface area contributed by atoms with Crippen LogP contribution in [0, 0.1) is 18.8 Å². The van der Waals surface area contributed by atoms with Crippen LogP contribution in [0.15, 0.2) is 24.3 Å². The molecule has 2 heterocycles. The van der Waals surface area contributed by atoms with Crippen molar-refractivity contribution in [2.24, 2.45) is 11.8 Å². The van der Waals surface area contributed by atoms with Crippen LogP contribution in [0.25, 0.3) is 0 Å². The summed E-state index contributed by atoms with van der Waals surface area (Å²) in [6.07, 6.45) is 1.20. The Hall–Kier alpha value is -1.39. The molecule has 2 atom stereocenters. The number of methoxy groups -OCH3 is 1. The number of amides is 1. The van der Waals surface area contributed by atoms with Gasteiger partial charge in [0.05, 0.1) is 6.61 Å². The number of benzene rings is 1. The van der Waals surface area contributed by atoms with E-state index in [1.807, 2.05) is 31.2 Å². The van der Waals surface area contributed by atoms with Crippen LogP contribution in [0.4, 0.5) is 0 Å². The summed E-state index contributed by atoms with van der Waals surface area (Å²) in [5.74, 6) is 1.49. The largest absolute Gasteiger partial charge is 0.383 e. The van der Waals surface area contributed by atoms with Crippen molar-refractivity contribution in [3.05, 3.63) is 35.4 Å². The molecule has 2 aliphatic rings. The summed E-state index contributed by atoms with van der Waals surface area (Å²) in [5.41, 5.74) is 2.01. The lowest BCUT2D eigenvalue weighted by atomic mass is 9.89. The highest BCUT2D eigenvalue weighted by Crippen LogP contribution is 2.31. The Morgan fingerprint density at radius 2 is 1.91 bits per heavy atom. The molecule has 0 spiro atoms. The third kappa shape index (κ3) is 3.33. The van der Waals surface area contributed by atoms with Gasteiger partial charge in [-0.15, -0.1) is 0 Å². The number of ether oxygens (including phenoxy) is 1. The molecule has 2 fully saturated rings. The summed E-state index contributed by atoms with van der Waals surface area (Å²) < 4.78 is 5.18. The van der Waals surface area contributed by atoms with Gasteiger partial charge < -0.3 is 14.5 Å². The van der Waals surface area contributed by atoms with Crippen molar-refractivity contribution in [1.82, 2.24) is 9.80 Å². The average molecular weight is 302 g/mol. The second-order valence-electron chi connectivity index (χ2n) is 6.68. The van der Waals surface area contributed by atoms with E-state index in [2.05, 4.69) is 9.80 Å². The van der Waals surface area contributed by atoms with Crippen LogP contribution in [-0.4, -0.2) is 62.1 Å². The topological polar surface area (TPSA) is 32.8 Å². The summed E-state index contributed by atoms with van der Waals surface area (Å²) in [7, 11) is 1.75. The van der Waals surface area contributed by atoms with E-state index in [0.717, 1.165) is 44.9 Å². The fraction of sp³-hybridized carbons (Fsp3) is 0.611. The first-order valence-electron chi connectivity index (χ1n) is 8.24. The molecule has 1 aromatic carbocycles. The number of hydrogen-bond acceptors (Lipinski definition) is 3. The lowest BCUT2D eigenvalue weighted by Gasteiger charge is -2.33. The molecule has 2 saturated heterocycles. The number of carbonyl (C=O) groups excluding carboxylic acids is 1. The lowest BCUT2D eigenvalue weighted by molar-refractivity contribution is 0.0782. The first-order chi connectivity index (χ1) is 10.7. The van der Waals surface area contributed by atoms with Crippen LogP contribution < -0.4 is 0 Å². The zero-order valence-electron chi connectivity index (χ0n) is 13.6. The van der Waals surface area contributed by atoms with E-state index >= 15 is 0 Å². The third-order valence-corrected chi connectivity index (χ3v) is 5.08. The predicted molar refractivity (Wildman–Crippen MR) is 87.0 cm³/mol. The van der Waals surface area contributed by atoms with Crippen molar-refractivity contribution in [1.29, 1.82) is 0 Å². The molecule has 3 rings (SSSR count). The summed E-state index contributed by atoms with van der Waals surface area (Å²) in [5, 5.41) is 0. The van der Waals surface area contributed by atoms with Crippen molar-refractivity contribution in [2.75, 3.05) is 46.4 Å². The summed E-state index contributed by atoms with van der Waals surface area (Å²) in [6.45, 7) is 7.92. The van der Waals surface area contributed by atoms with Crippen LogP contribution in [0.5, 0.6) is 0 Å². The standard InChI is InChI=1S/C18H26N2O2/c1-14-3-5-15(6-4-14)18(21)20-12-16-7-8-19(9-10-22-2)11-17(16)13-20/h3-6,16-17H,7-13H2,1-2H3/t16-,17+/m0/s1. The second kappa shape index (κ2) is 6.80. The van der Waals surface area contributed by atoms with Crippen LogP contribution >= 0.6 is 0 Å². The van der Waals surface area contributed by atoms with Crippen LogP contribution in [0.1, 0.15) is 22.3 Å². The maximum atomic E-state index is 12.6. The van der Waals surface area contributed by atoms with Gasteiger partial charge >= 0.3 is 0 Å². The number of carbonyl (C=O) groups is 1. The maximum Gasteiger partial charge on any atom is 0.253 e. The Balaban J connectivity index is 1.60. The van der Waals surface area contributed by atoms with E-state index in [9.17, 15) is 4.79 Å². The molecular weight excluding hydrogens is 276 g/mol. The summed E-state index contributed by atoms with van der Waals surface area (Å²) in [4.78, 5) is 17.2. The van der Waals surface area contributed by atoms with Gasteiger partial charge in [-0.1, -0.05) is 17.7 Å². The van der Waals surface area contributed by atoms with Crippen LogP contribution in [-0.2, 0) is 4.74 Å². The summed E-state index contributed by atoms with van der Waals surface area (Å²) in [6, 6.07) is 7.93. The van der Waals surface area contributed by atoms with Gasteiger partial charge in [0.2, 0.25) is 0 Å². The smallest absolute Gasteiger partial charge is 0.253 e. The highest BCUT2D eigenvalue weighted by atomic mass is 16.5. The lowest BCUT2D eigenvalue weighted by Crippen LogP contribution is -2.41. The summed E-state index contributed by atoms with van der Waals surface area (Å²) >= 11 is 0. The van der Waals surface area contributed by atoms with Gasteiger partial charge in [-0.2, -0.15) is 0 Å². The minimum atomic E-state index is 0.192. The van der Waals surface area contributed by atoms with E-state index in [1.54, 1.807) is 7.11 Å². The molecule has 120 valence electrons. The van der Waals surface area contributed by atoms with E-state index in [0.29, 0.717) is 11.8 Å². The maximum absolute atomic E-state index is 12.6. The normalized spacial score (nSPS) is 25.3. The predicted octanol–water partition coefficient (Wildman–Crippen LogP) is 2.04. The average Bonchev–Trinajstić information content (AvgIpc) is 2.96. The van der Waals surface area contributed by atoms with Crippen molar-refractivity contribution in [3.8, 4) is 0 Å². The van der Waals surface area contributed by atoms with E-state index in [4.69, 9.17) is 4.74 Å². The van der Waals surface area contributed by atoms with Gasteiger partial charge in [0, 0.05) is 38.9 Å². The third-order valence-electron chi connectivity index (χ3n) is 5.08. The molecule has 0 radical (unpaired) electrons. The zero-order valence-corrected chi connectivity index (χ0v) is 13.6. The zero-order chi connectivity index (χ0) is 15.5. The number of nitrogens with zero attached hydrogens (tertiary/aromatic N) is 2. The Bertz CT molecular complexity index is 514. The molecule has 0 saturated carbocycles. The Morgan fingerprint density at radius 1 is 1.18 bits per heavy atom. The number of aryl methyl sites for hydroxylation is 1. The molecule has 0 N–H and O–H groups in total. The molecule has 0 aliphatic carbocycles. The molecule has 1 aromatic rings. The molecule has 4 heteroatoms. The molecule has 0 bridgehead atoms. The van der Waals surface area contributed by atoms with Crippen molar-refractivity contribution >= 4 is 5.91 Å². The molecule has 22 heavy (non-hydrogen) atoms. The highest BCUT2D eigenvalue weighted by molar-refractivity contribution is 5.94.